The van der Waals surface area contributed by atoms with Crippen LogP contribution in [0.4, 0.5) is 4.79 Å². The highest BCUT2D eigenvalue weighted by atomic mass is 16.6. The van der Waals surface area contributed by atoms with Crippen molar-refractivity contribution in [2.45, 2.75) is 60.6 Å². The zero-order chi connectivity index (χ0) is 39.8. The smallest absolute Gasteiger partial charge is 0.408 e. The number of ether oxygens (including phenoxy) is 3. The van der Waals surface area contributed by atoms with Gasteiger partial charge in [-0.05, 0) is 74.9 Å². The normalized spacial score (nSPS) is 10.9. The molecular weight excluding hydrogens is 692 g/mol. The molecule has 4 aromatic carbocycles. The molecule has 0 radical (unpaired) electrons. The summed E-state index contributed by atoms with van der Waals surface area (Å²) in [5.41, 5.74) is 7.86. The van der Waals surface area contributed by atoms with Gasteiger partial charge in [-0.3, -0.25) is 14.4 Å². The van der Waals surface area contributed by atoms with E-state index in [9.17, 15) is 28.8 Å². The summed E-state index contributed by atoms with van der Waals surface area (Å²) in [6.45, 7) is 9.87. The Labute approximate surface area is 314 Å². The van der Waals surface area contributed by atoms with Crippen LogP contribution in [0.25, 0.3) is 0 Å². The summed E-state index contributed by atoms with van der Waals surface area (Å²) >= 11 is 0. The molecule has 0 aliphatic carbocycles. The highest BCUT2D eigenvalue weighted by molar-refractivity contribution is 5.96. The summed E-state index contributed by atoms with van der Waals surface area (Å²) in [7, 11) is 0. The minimum absolute atomic E-state index is 0.0709. The van der Waals surface area contributed by atoms with Crippen molar-refractivity contribution < 1.29 is 48.1 Å². The van der Waals surface area contributed by atoms with Crippen molar-refractivity contribution in [1.29, 1.82) is 0 Å². The molecule has 0 aliphatic heterocycles. The Bertz CT molecular complexity index is 1840. The Morgan fingerprint density at radius 2 is 1.04 bits per heavy atom. The van der Waals surface area contributed by atoms with Gasteiger partial charge in [0.15, 0.2) is 13.2 Å². The first-order chi connectivity index (χ1) is 25.6. The highest BCUT2D eigenvalue weighted by Crippen LogP contribution is 2.19. The SMILES string of the molecule is Cc1cc(C)c(C(=O)OCC(=O)COC(=O)c2c(C)cc(C)cc2C)c(C)c1.O=C(O)CNC(=O)[C@H](Cc1ccccc1)NC(=O)OCc1ccccc1. The van der Waals surface area contributed by atoms with Gasteiger partial charge in [0.2, 0.25) is 11.7 Å². The summed E-state index contributed by atoms with van der Waals surface area (Å²) < 4.78 is 15.4. The number of amides is 2. The molecule has 3 N–H and O–H groups in total. The molecular formula is C42H46N2O10. The number of alkyl carbamates (subject to hydrolysis) is 1. The molecule has 12 nitrogen and oxygen atoms in total. The Hall–Kier alpha value is -6.30. The fraction of sp³-hybridized carbons (Fsp3) is 0.286. The van der Waals surface area contributed by atoms with Crippen molar-refractivity contribution in [3.63, 3.8) is 0 Å². The lowest BCUT2D eigenvalue weighted by atomic mass is 10.00. The van der Waals surface area contributed by atoms with E-state index in [-0.39, 0.29) is 13.0 Å². The molecule has 4 aromatic rings. The molecule has 0 saturated carbocycles. The summed E-state index contributed by atoms with van der Waals surface area (Å²) in [4.78, 5) is 71.5. The second-order valence-electron chi connectivity index (χ2n) is 12.8. The molecule has 0 unspecified atom stereocenters. The number of nitrogens with one attached hydrogen (secondary N) is 2. The largest absolute Gasteiger partial charge is 0.480 e. The fourth-order valence-corrected chi connectivity index (χ4v) is 5.73. The number of Topliss-reactive ketones (excluding diaryl/α,β-unsaturated/α-hetero) is 1. The van der Waals surface area contributed by atoms with Gasteiger partial charge >= 0.3 is 24.0 Å². The number of aliphatic carboxylic acids is 1. The minimum atomic E-state index is -1.16. The van der Waals surface area contributed by atoms with Crippen LogP contribution in [0.3, 0.4) is 0 Å². The Morgan fingerprint density at radius 3 is 1.46 bits per heavy atom. The lowest BCUT2D eigenvalue weighted by molar-refractivity contribution is -0.138. The molecule has 1 atom stereocenters. The number of ketones is 1. The first kappa shape index (κ1) is 42.1. The predicted molar refractivity (Wildman–Crippen MR) is 201 cm³/mol. The molecule has 0 saturated heterocycles. The molecule has 0 aliphatic rings. The van der Waals surface area contributed by atoms with E-state index < -0.39 is 61.5 Å². The topological polar surface area (TPSA) is 174 Å². The van der Waals surface area contributed by atoms with Crippen LogP contribution in [-0.2, 0) is 41.6 Å². The predicted octanol–water partition coefficient (Wildman–Crippen LogP) is 5.84. The van der Waals surface area contributed by atoms with E-state index in [2.05, 4.69) is 10.6 Å². The van der Waals surface area contributed by atoms with E-state index in [0.29, 0.717) is 11.1 Å². The third kappa shape index (κ3) is 13.7. The maximum Gasteiger partial charge on any atom is 0.408 e. The van der Waals surface area contributed by atoms with Crippen LogP contribution in [0.2, 0.25) is 0 Å². The number of hydrogen-bond donors (Lipinski definition) is 3. The monoisotopic (exact) mass is 738 g/mol. The van der Waals surface area contributed by atoms with E-state index in [4.69, 9.17) is 19.3 Å². The van der Waals surface area contributed by atoms with E-state index in [1.165, 1.54) is 0 Å². The van der Waals surface area contributed by atoms with Crippen LogP contribution in [0.15, 0.2) is 84.9 Å². The van der Waals surface area contributed by atoms with Crippen molar-refractivity contribution in [2.24, 2.45) is 0 Å². The van der Waals surface area contributed by atoms with Crippen LogP contribution in [-0.4, -0.2) is 66.6 Å². The second-order valence-corrected chi connectivity index (χ2v) is 12.8. The van der Waals surface area contributed by atoms with Crippen LogP contribution in [0.1, 0.15) is 65.2 Å². The molecule has 0 spiro atoms. The zero-order valence-electron chi connectivity index (χ0n) is 31.3. The zero-order valence-corrected chi connectivity index (χ0v) is 31.3. The number of aryl methyl sites for hydroxylation is 6. The van der Waals surface area contributed by atoms with Gasteiger partial charge < -0.3 is 30.0 Å². The Morgan fingerprint density at radius 1 is 0.611 bits per heavy atom. The third-order valence-corrected chi connectivity index (χ3v) is 8.01. The van der Waals surface area contributed by atoms with Crippen molar-refractivity contribution >= 4 is 35.7 Å². The molecule has 54 heavy (non-hydrogen) atoms. The summed E-state index contributed by atoms with van der Waals surface area (Å²) in [6, 6.07) is 24.8. The van der Waals surface area contributed by atoms with Crippen molar-refractivity contribution in [3.05, 3.63) is 141 Å². The molecule has 0 fully saturated rings. The van der Waals surface area contributed by atoms with Crippen molar-refractivity contribution in [1.82, 2.24) is 10.6 Å². The highest BCUT2D eigenvalue weighted by Gasteiger charge is 2.23. The van der Waals surface area contributed by atoms with Gasteiger partial charge in [-0.2, -0.15) is 0 Å². The number of carboxylic acids is 1. The number of carbonyl (C=O) groups excluding carboxylic acids is 5. The summed E-state index contributed by atoms with van der Waals surface area (Å²) in [5, 5.41) is 13.5. The van der Waals surface area contributed by atoms with E-state index >= 15 is 0 Å². The third-order valence-electron chi connectivity index (χ3n) is 8.01. The lowest BCUT2D eigenvalue weighted by Gasteiger charge is -2.18. The van der Waals surface area contributed by atoms with Gasteiger partial charge in [0.1, 0.15) is 19.2 Å². The van der Waals surface area contributed by atoms with E-state index in [1.807, 2.05) is 126 Å². The van der Waals surface area contributed by atoms with Gasteiger partial charge in [0.25, 0.3) is 0 Å². The van der Waals surface area contributed by atoms with Crippen LogP contribution in [0, 0.1) is 41.5 Å². The standard InChI is InChI=1S/C23H26O5.C19H20N2O5/c1-13-7-15(3)20(16(4)8-13)22(25)27-11-19(24)12-28-23(26)21-17(5)9-14(2)10-18(21)6;22-17(23)12-20-18(24)16(11-14-7-3-1-4-8-14)21-19(25)26-13-15-9-5-2-6-10-15/h7-10H,11-12H2,1-6H3;1-10,16H,11-13H2,(H,20,24)(H,21,25)(H,22,23)/t;16-/m.0/s1. The molecule has 4 rings (SSSR count). The molecule has 12 heteroatoms. The lowest BCUT2D eigenvalue weighted by Crippen LogP contribution is -2.49. The average molecular weight is 739 g/mol. The number of carbonyl (C=O) groups is 6. The number of rotatable bonds is 14. The molecule has 0 bridgehead atoms. The maximum absolute atomic E-state index is 12.3. The van der Waals surface area contributed by atoms with E-state index in [1.54, 1.807) is 0 Å². The van der Waals surface area contributed by atoms with Crippen molar-refractivity contribution in [2.75, 3.05) is 19.8 Å². The van der Waals surface area contributed by atoms with Gasteiger partial charge in [-0.15, -0.1) is 0 Å². The summed E-state index contributed by atoms with van der Waals surface area (Å²) in [6.07, 6.45) is -0.535. The summed E-state index contributed by atoms with van der Waals surface area (Å²) in [5.74, 6) is -3.34. The Kier molecular flexibility index (Phi) is 16.1. The average Bonchev–Trinajstić information content (AvgIpc) is 3.11. The number of hydrogen-bond acceptors (Lipinski definition) is 9. The van der Waals surface area contributed by atoms with Crippen LogP contribution >= 0.6 is 0 Å². The van der Waals surface area contributed by atoms with Gasteiger partial charge in [0.05, 0.1) is 11.1 Å². The van der Waals surface area contributed by atoms with E-state index in [0.717, 1.165) is 44.5 Å². The maximum atomic E-state index is 12.3. The number of esters is 2. The van der Waals surface area contributed by atoms with Gasteiger partial charge in [-0.1, -0.05) is 96.1 Å². The van der Waals surface area contributed by atoms with Crippen LogP contribution in [0.5, 0.6) is 0 Å². The second kappa shape index (κ2) is 20.7. The fourth-order valence-electron chi connectivity index (χ4n) is 5.73. The molecule has 284 valence electrons. The first-order valence-electron chi connectivity index (χ1n) is 17.2. The number of benzene rings is 4. The van der Waals surface area contributed by atoms with Gasteiger partial charge in [-0.25, -0.2) is 14.4 Å². The Balaban J connectivity index is 0.000000291. The van der Waals surface area contributed by atoms with Gasteiger partial charge in [0, 0.05) is 6.42 Å². The molecule has 0 aromatic heterocycles. The minimum Gasteiger partial charge on any atom is -0.480 e. The number of carboxylic acid groups (broad SMARTS) is 1. The molecule has 0 heterocycles. The molecule has 2 amide bonds. The first-order valence-corrected chi connectivity index (χ1v) is 17.2. The van der Waals surface area contributed by atoms with Crippen molar-refractivity contribution in [3.8, 4) is 0 Å². The van der Waals surface area contributed by atoms with Crippen LogP contribution < -0.4 is 10.6 Å². The quantitative estimate of drug-likeness (QED) is 0.105.